The SMILES string of the molecule is CC(=O)OCCOCCOc1ccc(Cl)cc1. The highest BCUT2D eigenvalue weighted by molar-refractivity contribution is 6.30. The molecule has 1 rings (SSSR count). The predicted molar refractivity (Wildman–Crippen MR) is 64.4 cm³/mol. The number of benzene rings is 1. The van der Waals surface area contributed by atoms with Crippen LogP contribution in [0.1, 0.15) is 6.92 Å². The van der Waals surface area contributed by atoms with Gasteiger partial charge in [0.05, 0.1) is 13.2 Å². The molecule has 0 spiro atoms. The van der Waals surface area contributed by atoms with Crippen molar-refractivity contribution in [2.45, 2.75) is 6.92 Å². The smallest absolute Gasteiger partial charge is 0.302 e. The molecule has 0 aromatic heterocycles. The minimum absolute atomic E-state index is 0.274. The summed E-state index contributed by atoms with van der Waals surface area (Å²) in [6, 6.07) is 7.11. The zero-order valence-electron chi connectivity index (χ0n) is 9.65. The average molecular weight is 259 g/mol. The monoisotopic (exact) mass is 258 g/mol. The Labute approximate surface area is 105 Å². The van der Waals surface area contributed by atoms with Crippen LogP contribution in [0.4, 0.5) is 0 Å². The Hall–Kier alpha value is -1.26. The molecule has 17 heavy (non-hydrogen) atoms. The van der Waals surface area contributed by atoms with E-state index in [9.17, 15) is 4.79 Å². The van der Waals surface area contributed by atoms with Crippen LogP contribution in [0, 0.1) is 0 Å². The van der Waals surface area contributed by atoms with Crippen molar-refractivity contribution in [1.29, 1.82) is 0 Å². The maximum atomic E-state index is 10.4. The van der Waals surface area contributed by atoms with Crippen molar-refractivity contribution < 1.29 is 19.0 Å². The molecule has 4 nitrogen and oxygen atoms in total. The van der Waals surface area contributed by atoms with Crippen LogP contribution in [0.2, 0.25) is 5.02 Å². The third kappa shape index (κ3) is 6.81. The molecule has 0 heterocycles. The molecule has 0 aliphatic heterocycles. The molecule has 0 saturated heterocycles. The van der Waals surface area contributed by atoms with Gasteiger partial charge in [0.1, 0.15) is 19.0 Å². The molecule has 0 fully saturated rings. The zero-order chi connectivity index (χ0) is 12.5. The molecule has 1 aromatic rings. The Morgan fingerprint density at radius 1 is 1.12 bits per heavy atom. The Kier molecular flexibility index (Phi) is 6.43. The van der Waals surface area contributed by atoms with Gasteiger partial charge in [0.2, 0.25) is 0 Å². The Bertz CT molecular complexity index is 337. The van der Waals surface area contributed by atoms with Gasteiger partial charge < -0.3 is 14.2 Å². The lowest BCUT2D eigenvalue weighted by molar-refractivity contribution is -0.142. The predicted octanol–water partition coefficient (Wildman–Crippen LogP) is 2.30. The second-order valence-corrected chi connectivity index (χ2v) is 3.69. The van der Waals surface area contributed by atoms with Crippen LogP contribution >= 0.6 is 11.6 Å². The minimum atomic E-state index is -0.300. The molecule has 0 unspecified atom stereocenters. The van der Waals surface area contributed by atoms with E-state index in [1.807, 2.05) is 0 Å². The molecule has 94 valence electrons. The summed E-state index contributed by atoms with van der Waals surface area (Å²) in [6.45, 7) is 2.91. The average Bonchev–Trinajstić information content (AvgIpc) is 2.30. The van der Waals surface area contributed by atoms with E-state index in [0.29, 0.717) is 24.8 Å². The fourth-order valence-electron chi connectivity index (χ4n) is 1.10. The third-order valence-corrected chi connectivity index (χ3v) is 2.10. The van der Waals surface area contributed by atoms with E-state index in [4.69, 9.17) is 25.8 Å². The van der Waals surface area contributed by atoms with Gasteiger partial charge in [-0.05, 0) is 24.3 Å². The minimum Gasteiger partial charge on any atom is -0.491 e. The summed E-state index contributed by atoms with van der Waals surface area (Å²) in [4.78, 5) is 10.4. The van der Waals surface area contributed by atoms with E-state index in [2.05, 4.69) is 0 Å². The third-order valence-electron chi connectivity index (χ3n) is 1.84. The van der Waals surface area contributed by atoms with Gasteiger partial charge in [-0.1, -0.05) is 11.6 Å². The molecule has 0 saturated carbocycles. The fourth-order valence-corrected chi connectivity index (χ4v) is 1.22. The molecule has 0 aliphatic carbocycles. The Balaban J connectivity index is 2.01. The van der Waals surface area contributed by atoms with E-state index in [1.54, 1.807) is 24.3 Å². The van der Waals surface area contributed by atoms with Gasteiger partial charge in [-0.25, -0.2) is 0 Å². The maximum absolute atomic E-state index is 10.4. The lowest BCUT2D eigenvalue weighted by atomic mass is 10.3. The zero-order valence-corrected chi connectivity index (χ0v) is 10.4. The van der Waals surface area contributed by atoms with Crippen LogP contribution in [0.5, 0.6) is 5.75 Å². The highest BCUT2D eigenvalue weighted by Crippen LogP contribution is 2.15. The number of rotatable bonds is 7. The molecular weight excluding hydrogens is 244 g/mol. The van der Waals surface area contributed by atoms with Gasteiger partial charge >= 0.3 is 5.97 Å². The second kappa shape index (κ2) is 7.92. The normalized spacial score (nSPS) is 10.0. The van der Waals surface area contributed by atoms with Crippen LogP contribution in [-0.2, 0) is 14.3 Å². The van der Waals surface area contributed by atoms with Crippen molar-refractivity contribution >= 4 is 17.6 Å². The van der Waals surface area contributed by atoms with Crippen molar-refractivity contribution in [3.05, 3.63) is 29.3 Å². The fraction of sp³-hybridized carbons (Fsp3) is 0.417. The molecule has 0 atom stereocenters. The van der Waals surface area contributed by atoms with Crippen LogP contribution in [-0.4, -0.2) is 32.4 Å². The number of carbonyl (C=O) groups is 1. The summed E-state index contributed by atoms with van der Waals surface area (Å²) in [7, 11) is 0. The summed E-state index contributed by atoms with van der Waals surface area (Å²) < 4.78 is 15.3. The molecule has 0 N–H and O–H groups in total. The Morgan fingerprint density at radius 3 is 2.41 bits per heavy atom. The molecule has 0 bridgehead atoms. The van der Waals surface area contributed by atoms with Crippen molar-refractivity contribution in [3.63, 3.8) is 0 Å². The summed E-state index contributed by atoms with van der Waals surface area (Å²) in [5.74, 6) is 0.448. The van der Waals surface area contributed by atoms with E-state index in [1.165, 1.54) is 6.92 Å². The first kappa shape index (κ1) is 13.8. The standard InChI is InChI=1S/C12H15ClO4/c1-10(14)16-8-6-15-7-9-17-12-4-2-11(13)3-5-12/h2-5H,6-9H2,1H3. The number of hydrogen-bond donors (Lipinski definition) is 0. The topological polar surface area (TPSA) is 44.8 Å². The van der Waals surface area contributed by atoms with E-state index >= 15 is 0 Å². The first-order valence-corrected chi connectivity index (χ1v) is 5.66. The van der Waals surface area contributed by atoms with E-state index in [-0.39, 0.29) is 12.6 Å². The molecule has 1 aromatic carbocycles. The van der Waals surface area contributed by atoms with Crippen LogP contribution in [0.15, 0.2) is 24.3 Å². The summed E-state index contributed by atoms with van der Waals surface area (Å²) in [5.41, 5.74) is 0. The molecule has 0 amide bonds. The molecule has 0 radical (unpaired) electrons. The molecule has 5 heteroatoms. The van der Waals surface area contributed by atoms with Gasteiger partial charge in [0.15, 0.2) is 0 Å². The number of halogens is 1. The highest BCUT2D eigenvalue weighted by Gasteiger charge is 1.95. The maximum Gasteiger partial charge on any atom is 0.302 e. The van der Waals surface area contributed by atoms with Gasteiger partial charge in [-0.15, -0.1) is 0 Å². The van der Waals surface area contributed by atoms with Crippen LogP contribution in [0.25, 0.3) is 0 Å². The summed E-state index contributed by atoms with van der Waals surface area (Å²) >= 11 is 5.73. The van der Waals surface area contributed by atoms with E-state index < -0.39 is 0 Å². The summed E-state index contributed by atoms with van der Waals surface area (Å²) in [5, 5.41) is 0.676. The number of carbonyl (C=O) groups excluding carboxylic acids is 1. The number of hydrogen-bond acceptors (Lipinski definition) is 4. The van der Waals surface area contributed by atoms with Crippen molar-refractivity contribution in [2.75, 3.05) is 26.4 Å². The lowest BCUT2D eigenvalue weighted by Gasteiger charge is -2.07. The van der Waals surface area contributed by atoms with Gasteiger partial charge in [0, 0.05) is 11.9 Å². The van der Waals surface area contributed by atoms with Crippen LogP contribution in [0.3, 0.4) is 0 Å². The van der Waals surface area contributed by atoms with Gasteiger partial charge in [-0.3, -0.25) is 4.79 Å². The quantitative estimate of drug-likeness (QED) is 0.556. The molecule has 0 aliphatic rings. The number of esters is 1. The molecular formula is C12H15ClO4. The Morgan fingerprint density at radius 2 is 1.76 bits per heavy atom. The van der Waals surface area contributed by atoms with E-state index in [0.717, 1.165) is 5.75 Å². The van der Waals surface area contributed by atoms with Gasteiger partial charge in [-0.2, -0.15) is 0 Å². The summed E-state index contributed by atoms with van der Waals surface area (Å²) in [6.07, 6.45) is 0. The van der Waals surface area contributed by atoms with Crippen LogP contribution < -0.4 is 4.74 Å². The largest absolute Gasteiger partial charge is 0.491 e. The van der Waals surface area contributed by atoms with Crippen molar-refractivity contribution in [3.8, 4) is 5.75 Å². The second-order valence-electron chi connectivity index (χ2n) is 3.25. The van der Waals surface area contributed by atoms with Crippen molar-refractivity contribution in [2.24, 2.45) is 0 Å². The number of ether oxygens (including phenoxy) is 3. The lowest BCUT2D eigenvalue weighted by Crippen LogP contribution is -2.12. The first-order chi connectivity index (χ1) is 8.18. The highest BCUT2D eigenvalue weighted by atomic mass is 35.5. The van der Waals surface area contributed by atoms with Crippen molar-refractivity contribution in [1.82, 2.24) is 0 Å². The first-order valence-electron chi connectivity index (χ1n) is 5.28. The van der Waals surface area contributed by atoms with Gasteiger partial charge in [0.25, 0.3) is 0 Å².